The molecule has 1 aromatic heterocycles. The summed E-state index contributed by atoms with van der Waals surface area (Å²) in [7, 11) is 0. The van der Waals surface area contributed by atoms with Crippen molar-refractivity contribution in [3.63, 3.8) is 0 Å². The SMILES string of the molecule is O=C(Cn1nnc2ccccc21)N1CCCC2CCCCC21. The van der Waals surface area contributed by atoms with Crippen LogP contribution in [-0.2, 0) is 11.3 Å². The van der Waals surface area contributed by atoms with Gasteiger partial charge in [0.25, 0.3) is 0 Å². The van der Waals surface area contributed by atoms with Gasteiger partial charge in [-0.05, 0) is 43.7 Å². The lowest BCUT2D eigenvalue weighted by Gasteiger charge is -2.44. The van der Waals surface area contributed by atoms with Crippen molar-refractivity contribution < 1.29 is 4.79 Å². The highest BCUT2D eigenvalue weighted by Gasteiger charge is 2.35. The Morgan fingerprint density at radius 1 is 1.14 bits per heavy atom. The van der Waals surface area contributed by atoms with Crippen LogP contribution < -0.4 is 0 Å². The van der Waals surface area contributed by atoms with E-state index in [1.165, 1.54) is 32.1 Å². The van der Waals surface area contributed by atoms with Crippen molar-refractivity contribution in [3.05, 3.63) is 24.3 Å². The van der Waals surface area contributed by atoms with Crippen LogP contribution in [-0.4, -0.2) is 38.4 Å². The molecule has 22 heavy (non-hydrogen) atoms. The molecule has 1 saturated heterocycles. The van der Waals surface area contributed by atoms with E-state index in [2.05, 4.69) is 15.2 Å². The molecule has 2 aromatic rings. The molecule has 116 valence electrons. The predicted octanol–water partition coefficient (Wildman–Crippen LogP) is 2.61. The minimum Gasteiger partial charge on any atom is -0.338 e. The van der Waals surface area contributed by atoms with Crippen LogP contribution in [0.3, 0.4) is 0 Å². The number of rotatable bonds is 2. The summed E-state index contributed by atoms with van der Waals surface area (Å²) in [6.45, 7) is 1.22. The van der Waals surface area contributed by atoms with Gasteiger partial charge in [0, 0.05) is 12.6 Å². The molecule has 5 heteroatoms. The highest BCUT2D eigenvalue weighted by Crippen LogP contribution is 2.35. The molecule has 0 spiro atoms. The van der Waals surface area contributed by atoms with Crippen molar-refractivity contribution in [2.45, 2.75) is 51.1 Å². The summed E-state index contributed by atoms with van der Waals surface area (Å²) in [4.78, 5) is 14.9. The zero-order valence-corrected chi connectivity index (χ0v) is 12.8. The third-order valence-electron chi connectivity index (χ3n) is 5.27. The van der Waals surface area contributed by atoms with Gasteiger partial charge in [0.05, 0.1) is 5.52 Å². The average molecular weight is 298 g/mol. The minimum absolute atomic E-state index is 0.201. The third-order valence-corrected chi connectivity index (χ3v) is 5.27. The molecule has 1 amide bonds. The van der Waals surface area contributed by atoms with E-state index in [-0.39, 0.29) is 5.91 Å². The lowest BCUT2D eigenvalue weighted by atomic mass is 9.78. The Bertz CT molecular complexity index is 678. The molecule has 2 unspecified atom stereocenters. The topological polar surface area (TPSA) is 51.0 Å². The van der Waals surface area contributed by atoms with Crippen molar-refractivity contribution in [2.24, 2.45) is 5.92 Å². The molecule has 2 heterocycles. The predicted molar refractivity (Wildman–Crippen MR) is 84.2 cm³/mol. The molecule has 0 N–H and O–H groups in total. The largest absolute Gasteiger partial charge is 0.338 e. The summed E-state index contributed by atoms with van der Waals surface area (Å²) in [5.41, 5.74) is 1.79. The van der Waals surface area contributed by atoms with Crippen molar-refractivity contribution in [1.82, 2.24) is 19.9 Å². The maximum absolute atomic E-state index is 12.8. The van der Waals surface area contributed by atoms with Gasteiger partial charge in [-0.1, -0.05) is 30.2 Å². The van der Waals surface area contributed by atoms with E-state index in [9.17, 15) is 4.79 Å². The first-order valence-corrected chi connectivity index (χ1v) is 8.40. The number of carbonyl (C=O) groups is 1. The van der Waals surface area contributed by atoms with E-state index in [4.69, 9.17) is 0 Å². The maximum atomic E-state index is 12.8. The number of fused-ring (bicyclic) bond motifs is 2. The first-order valence-electron chi connectivity index (χ1n) is 8.40. The second kappa shape index (κ2) is 5.71. The molecule has 2 fully saturated rings. The second-order valence-corrected chi connectivity index (χ2v) is 6.58. The maximum Gasteiger partial charge on any atom is 0.244 e. The van der Waals surface area contributed by atoms with Gasteiger partial charge in [0.1, 0.15) is 12.1 Å². The molecule has 0 radical (unpaired) electrons. The van der Waals surface area contributed by atoms with E-state index < -0.39 is 0 Å². The number of aromatic nitrogens is 3. The molecule has 2 atom stereocenters. The number of hydrogen-bond acceptors (Lipinski definition) is 3. The smallest absolute Gasteiger partial charge is 0.244 e. The van der Waals surface area contributed by atoms with Gasteiger partial charge in [-0.15, -0.1) is 5.10 Å². The van der Waals surface area contributed by atoms with Crippen molar-refractivity contribution in [2.75, 3.05) is 6.54 Å². The Labute approximate surface area is 130 Å². The molecule has 1 saturated carbocycles. The van der Waals surface area contributed by atoms with Crippen LogP contribution in [0.4, 0.5) is 0 Å². The lowest BCUT2D eigenvalue weighted by molar-refractivity contribution is -0.138. The Morgan fingerprint density at radius 3 is 2.91 bits per heavy atom. The van der Waals surface area contributed by atoms with Gasteiger partial charge >= 0.3 is 0 Å². The van der Waals surface area contributed by atoms with Crippen LogP contribution in [0.15, 0.2) is 24.3 Å². The molecule has 1 aromatic carbocycles. The van der Waals surface area contributed by atoms with Gasteiger partial charge in [0.2, 0.25) is 5.91 Å². The van der Waals surface area contributed by atoms with E-state index in [0.717, 1.165) is 29.9 Å². The molecular formula is C17H22N4O. The Kier molecular flexibility index (Phi) is 3.56. The van der Waals surface area contributed by atoms with Gasteiger partial charge in [0.15, 0.2) is 0 Å². The Balaban J connectivity index is 1.53. The van der Waals surface area contributed by atoms with Crippen molar-refractivity contribution in [3.8, 4) is 0 Å². The summed E-state index contributed by atoms with van der Waals surface area (Å²) >= 11 is 0. The lowest BCUT2D eigenvalue weighted by Crippen LogP contribution is -2.50. The summed E-state index contributed by atoms with van der Waals surface area (Å²) in [6, 6.07) is 8.28. The van der Waals surface area contributed by atoms with Crippen molar-refractivity contribution in [1.29, 1.82) is 0 Å². The van der Waals surface area contributed by atoms with Crippen LogP contribution in [0, 0.1) is 5.92 Å². The van der Waals surface area contributed by atoms with Crippen LogP contribution in [0.5, 0.6) is 0 Å². The van der Waals surface area contributed by atoms with Gasteiger partial charge in [-0.3, -0.25) is 4.79 Å². The number of benzene rings is 1. The quantitative estimate of drug-likeness (QED) is 0.856. The Morgan fingerprint density at radius 2 is 1.95 bits per heavy atom. The summed E-state index contributed by atoms with van der Waals surface area (Å²) < 4.78 is 1.74. The monoisotopic (exact) mass is 298 g/mol. The highest BCUT2D eigenvalue weighted by molar-refractivity contribution is 5.80. The normalized spacial score (nSPS) is 25.2. The molecule has 1 aliphatic heterocycles. The van der Waals surface area contributed by atoms with Gasteiger partial charge in [-0.2, -0.15) is 0 Å². The summed E-state index contributed by atoms with van der Waals surface area (Å²) in [6.07, 6.45) is 7.50. The van der Waals surface area contributed by atoms with Crippen LogP contribution >= 0.6 is 0 Å². The fourth-order valence-corrected chi connectivity index (χ4v) is 4.19. The zero-order chi connectivity index (χ0) is 14.9. The summed E-state index contributed by atoms with van der Waals surface area (Å²) in [5, 5.41) is 8.29. The molecule has 1 aliphatic carbocycles. The first kappa shape index (κ1) is 13.7. The zero-order valence-electron chi connectivity index (χ0n) is 12.8. The number of carbonyl (C=O) groups excluding carboxylic acids is 1. The first-order chi connectivity index (χ1) is 10.8. The molecule has 5 nitrogen and oxygen atoms in total. The van der Waals surface area contributed by atoms with E-state index >= 15 is 0 Å². The molecule has 4 rings (SSSR count). The fraction of sp³-hybridized carbons (Fsp3) is 0.588. The molecule has 2 aliphatic rings. The van der Waals surface area contributed by atoms with E-state index in [0.29, 0.717) is 12.6 Å². The molecule has 0 bridgehead atoms. The van der Waals surface area contributed by atoms with E-state index in [1.54, 1.807) is 4.68 Å². The summed E-state index contributed by atoms with van der Waals surface area (Å²) in [5.74, 6) is 0.922. The number of amides is 1. The van der Waals surface area contributed by atoms with Crippen LogP contribution in [0.2, 0.25) is 0 Å². The number of likely N-dealkylation sites (tertiary alicyclic amines) is 1. The Hall–Kier alpha value is -1.91. The second-order valence-electron chi connectivity index (χ2n) is 6.58. The third kappa shape index (κ3) is 2.38. The van der Waals surface area contributed by atoms with Crippen LogP contribution in [0.25, 0.3) is 11.0 Å². The standard InChI is InChI=1S/C17H22N4O/c22-17(12-21-16-10-4-2-8-14(16)18-19-21)20-11-5-7-13-6-1-3-9-15(13)20/h2,4,8,10,13,15H,1,3,5-7,9,11-12H2. The number of para-hydroxylation sites is 1. The van der Waals surface area contributed by atoms with Gasteiger partial charge < -0.3 is 4.90 Å². The highest BCUT2D eigenvalue weighted by atomic mass is 16.2. The average Bonchev–Trinajstić information content (AvgIpc) is 2.97. The van der Waals surface area contributed by atoms with Gasteiger partial charge in [-0.25, -0.2) is 4.68 Å². The fourth-order valence-electron chi connectivity index (χ4n) is 4.19. The van der Waals surface area contributed by atoms with Crippen molar-refractivity contribution >= 4 is 16.9 Å². The molecular weight excluding hydrogens is 276 g/mol. The number of piperidine rings is 1. The minimum atomic E-state index is 0.201. The number of hydrogen-bond donors (Lipinski definition) is 0. The number of nitrogens with zero attached hydrogens (tertiary/aromatic N) is 4. The van der Waals surface area contributed by atoms with Crippen LogP contribution in [0.1, 0.15) is 38.5 Å². The van der Waals surface area contributed by atoms with E-state index in [1.807, 2.05) is 24.3 Å².